The van der Waals surface area contributed by atoms with Crippen LogP contribution in [0.25, 0.3) is 11.2 Å². The number of imidazole rings is 1. The summed E-state index contributed by atoms with van der Waals surface area (Å²) in [4.78, 5) is 13.1. The molecule has 2 aromatic heterocycles. The highest BCUT2D eigenvalue weighted by Crippen LogP contribution is 2.31. The second kappa shape index (κ2) is 9.33. The number of aromatic nitrogens is 4. The van der Waals surface area contributed by atoms with Crippen LogP contribution >= 0.6 is 11.6 Å². The summed E-state index contributed by atoms with van der Waals surface area (Å²) in [5.41, 5.74) is 0.975. The molecule has 0 aliphatic heterocycles. The van der Waals surface area contributed by atoms with Crippen molar-refractivity contribution in [2.24, 2.45) is 5.92 Å². The van der Waals surface area contributed by atoms with E-state index >= 15 is 0 Å². The second-order valence-corrected chi connectivity index (χ2v) is 8.32. The summed E-state index contributed by atoms with van der Waals surface area (Å²) in [5.74, 6) is 2.19. The van der Waals surface area contributed by atoms with E-state index in [-0.39, 0.29) is 12.4 Å². The van der Waals surface area contributed by atoms with Crippen molar-refractivity contribution in [2.75, 3.05) is 17.7 Å². The van der Waals surface area contributed by atoms with Gasteiger partial charge in [-0.15, -0.1) is 11.6 Å². The monoisotopic (exact) mass is 462 g/mol. The number of aryl methyl sites for hydroxylation is 1. The molecule has 1 aliphatic rings. The average molecular weight is 463 g/mol. The predicted molar refractivity (Wildman–Crippen MR) is 115 cm³/mol. The van der Waals surface area contributed by atoms with Crippen molar-refractivity contribution in [3.63, 3.8) is 0 Å². The SMILES string of the molecule is N#Cc1nc(NCCC2CCC2)c2c(n1)nc(CCCl)n2Cc1ccc(C(F)(F)F)cc1. The van der Waals surface area contributed by atoms with Gasteiger partial charge in [0.15, 0.2) is 11.5 Å². The lowest BCUT2D eigenvalue weighted by Crippen LogP contribution is -2.17. The van der Waals surface area contributed by atoms with Gasteiger partial charge in [-0.1, -0.05) is 31.4 Å². The molecule has 1 aromatic carbocycles. The first-order chi connectivity index (χ1) is 15.4. The Morgan fingerprint density at radius 1 is 1.16 bits per heavy atom. The van der Waals surface area contributed by atoms with Gasteiger partial charge in [0.05, 0.1) is 5.56 Å². The van der Waals surface area contributed by atoms with E-state index in [1.165, 1.54) is 31.4 Å². The van der Waals surface area contributed by atoms with Gasteiger partial charge in [-0.05, 0) is 30.0 Å². The van der Waals surface area contributed by atoms with Crippen molar-refractivity contribution in [1.29, 1.82) is 5.26 Å². The molecule has 0 saturated heterocycles. The lowest BCUT2D eigenvalue weighted by atomic mass is 9.83. The molecular formula is C22H22ClF3N6. The van der Waals surface area contributed by atoms with Gasteiger partial charge in [0.25, 0.3) is 0 Å². The first-order valence-corrected chi connectivity index (χ1v) is 11.1. The van der Waals surface area contributed by atoms with Crippen LogP contribution in [0.4, 0.5) is 19.0 Å². The molecule has 1 fully saturated rings. The number of alkyl halides is 4. The van der Waals surface area contributed by atoms with E-state index in [4.69, 9.17) is 11.6 Å². The number of nitrogens with one attached hydrogen (secondary N) is 1. The molecule has 1 saturated carbocycles. The van der Waals surface area contributed by atoms with Crippen LogP contribution < -0.4 is 5.32 Å². The number of hydrogen-bond donors (Lipinski definition) is 1. The minimum absolute atomic E-state index is 0.0141. The van der Waals surface area contributed by atoms with E-state index in [1.807, 2.05) is 10.6 Å². The molecular weight excluding hydrogens is 441 g/mol. The predicted octanol–water partition coefficient (Wildman–Crippen LogP) is 5.15. The van der Waals surface area contributed by atoms with Gasteiger partial charge in [0.2, 0.25) is 5.82 Å². The Kier molecular flexibility index (Phi) is 6.51. The Morgan fingerprint density at radius 3 is 2.50 bits per heavy atom. The molecule has 0 radical (unpaired) electrons. The Labute approximate surface area is 188 Å². The van der Waals surface area contributed by atoms with Gasteiger partial charge in [-0.2, -0.15) is 28.4 Å². The fraction of sp³-hybridized carbons (Fsp3) is 0.455. The topological polar surface area (TPSA) is 79.4 Å². The van der Waals surface area contributed by atoms with Gasteiger partial charge < -0.3 is 9.88 Å². The Balaban J connectivity index is 1.70. The van der Waals surface area contributed by atoms with Crippen molar-refractivity contribution in [3.05, 3.63) is 47.0 Å². The summed E-state index contributed by atoms with van der Waals surface area (Å²) < 4.78 is 40.6. The van der Waals surface area contributed by atoms with Crippen LogP contribution in [-0.4, -0.2) is 31.9 Å². The lowest BCUT2D eigenvalue weighted by Gasteiger charge is -2.25. The molecule has 0 unspecified atom stereocenters. The first-order valence-electron chi connectivity index (χ1n) is 10.5. The fourth-order valence-corrected chi connectivity index (χ4v) is 4.03. The summed E-state index contributed by atoms with van der Waals surface area (Å²) in [6.45, 7) is 0.991. The molecule has 1 N–H and O–H groups in total. The van der Waals surface area contributed by atoms with Crippen LogP contribution in [0.1, 0.15) is 48.5 Å². The van der Waals surface area contributed by atoms with Crippen LogP contribution in [0.15, 0.2) is 24.3 Å². The molecule has 0 atom stereocenters. The third kappa shape index (κ3) is 4.80. The zero-order valence-corrected chi connectivity index (χ0v) is 18.0. The van der Waals surface area contributed by atoms with E-state index in [1.54, 1.807) is 0 Å². The first kappa shape index (κ1) is 22.3. The van der Waals surface area contributed by atoms with Crippen molar-refractivity contribution >= 4 is 28.6 Å². The maximum absolute atomic E-state index is 12.9. The van der Waals surface area contributed by atoms with Gasteiger partial charge in [0.1, 0.15) is 17.4 Å². The minimum Gasteiger partial charge on any atom is -0.368 e. The molecule has 32 heavy (non-hydrogen) atoms. The highest BCUT2D eigenvalue weighted by Gasteiger charge is 2.30. The van der Waals surface area contributed by atoms with Crippen molar-refractivity contribution in [1.82, 2.24) is 19.5 Å². The number of anilines is 1. The van der Waals surface area contributed by atoms with Gasteiger partial charge in [-0.3, -0.25) is 0 Å². The van der Waals surface area contributed by atoms with E-state index in [0.29, 0.717) is 53.1 Å². The zero-order chi connectivity index (χ0) is 22.7. The minimum atomic E-state index is -4.39. The smallest absolute Gasteiger partial charge is 0.368 e. The second-order valence-electron chi connectivity index (χ2n) is 7.94. The van der Waals surface area contributed by atoms with Crippen LogP contribution in [0.3, 0.4) is 0 Å². The summed E-state index contributed by atoms with van der Waals surface area (Å²) >= 11 is 5.97. The Bertz CT molecular complexity index is 1130. The molecule has 1 aliphatic carbocycles. The van der Waals surface area contributed by atoms with Gasteiger partial charge in [0, 0.05) is 25.4 Å². The summed E-state index contributed by atoms with van der Waals surface area (Å²) in [6, 6.07) is 7.01. The molecule has 0 spiro atoms. The maximum Gasteiger partial charge on any atom is 0.416 e. The quantitative estimate of drug-likeness (QED) is 0.468. The van der Waals surface area contributed by atoms with E-state index in [0.717, 1.165) is 18.6 Å². The highest BCUT2D eigenvalue weighted by molar-refractivity contribution is 6.17. The van der Waals surface area contributed by atoms with E-state index in [9.17, 15) is 18.4 Å². The number of rotatable bonds is 8. The van der Waals surface area contributed by atoms with Crippen LogP contribution in [-0.2, 0) is 19.1 Å². The van der Waals surface area contributed by atoms with E-state index < -0.39 is 11.7 Å². The largest absolute Gasteiger partial charge is 0.416 e. The Morgan fingerprint density at radius 2 is 1.91 bits per heavy atom. The van der Waals surface area contributed by atoms with Crippen LogP contribution in [0, 0.1) is 17.2 Å². The maximum atomic E-state index is 12.9. The molecule has 168 valence electrons. The standard InChI is InChI=1S/C22H22ClF3N6/c23-10-8-18-31-21-19(32(18)13-15-4-6-16(7-5-15)22(24,25)26)20(29-17(12-27)30-21)28-11-9-14-2-1-3-14/h4-7,14H,1-3,8-11,13H2,(H,28,29,30). The van der Waals surface area contributed by atoms with Crippen LogP contribution in [0.5, 0.6) is 0 Å². The van der Waals surface area contributed by atoms with E-state index in [2.05, 4.69) is 20.3 Å². The van der Waals surface area contributed by atoms with Crippen molar-refractivity contribution < 1.29 is 13.2 Å². The summed E-state index contributed by atoms with van der Waals surface area (Å²) in [6.07, 6.45) is 0.800. The Hall–Kier alpha value is -2.86. The normalized spacial score (nSPS) is 14.3. The molecule has 4 rings (SSSR count). The van der Waals surface area contributed by atoms with Crippen LogP contribution in [0.2, 0.25) is 0 Å². The van der Waals surface area contributed by atoms with Crippen molar-refractivity contribution in [3.8, 4) is 6.07 Å². The molecule has 0 bridgehead atoms. The average Bonchev–Trinajstić information content (AvgIpc) is 3.06. The number of fused-ring (bicyclic) bond motifs is 1. The fourth-order valence-electron chi connectivity index (χ4n) is 3.86. The van der Waals surface area contributed by atoms with Gasteiger partial charge >= 0.3 is 6.18 Å². The third-order valence-corrected chi connectivity index (χ3v) is 5.98. The molecule has 2 heterocycles. The molecule has 6 nitrogen and oxygen atoms in total. The molecule has 3 aromatic rings. The number of halogens is 4. The zero-order valence-electron chi connectivity index (χ0n) is 17.3. The molecule has 0 amide bonds. The number of nitriles is 1. The summed E-state index contributed by atoms with van der Waals surface area (Å²) in [7, 11) is 0. The van der Waals surface area contributed by atoms with Gasteiger partial charge in [-0.25, -0.2) is 4.98 Å². The highest BCUT2D eigenvalue weighted by atomic mass is 35.5. The lowest BCUT2D eigenvalue weighted by molar-refractivity contribution is -0.137. The molecule has 10 heteroatoms. The number of hydrogen-bond acceptors (Lipinski definition) is 5. The number of nitrogens with zero attached hydrogens (tertiary/aromatic N) is 5. The number of benzene rings is 1. The summed E-state index contributed by atoms with van der Waals surface area (Å²) in [5, 5.41) is 12.7. The third-order valence-electron chi connectivity index (χ3n) is 5.79. The van der Waals surface area contributed by atoms with Crippen molar-refractivity contribution in [2.45, 2.75) is 44.8 Å².